The fourth-order valence-electron chi connectivity index (χ4n) is 1.71. The Morgan fingerprint density at radius 2 is 2.20 bits per heavy atom. The summed E-state index contributed by atoms with van der Waals surface area (Å²) in [6, 6.07) is 6.52. The molecule has 0 aliphatic heterocycles. The summed E-state index contributed by atoms with van der Waals surface area (Å²) in [6.07, 6.45) is 3.47. The van der Waals surface area contributed by atoms with Crippen LogP contribution in [0.25, 0.3) is 5.69 Å². The highest BCUT2D eigenvalue weighted by Crippen LogP contribution is 2.24. The lowest BCUT2D eigenvalue weighted by molar-refractivity contribution is -0.118. The number of hydrogen-bond donors (Lipinski definition) is 2. The quantitative estimate of drug-likeness (QED) is 0.909. The fourth-order valence-corrected chi connectivity index (χ4v) is 1.98. The van der Waals surface area contributed by atoms with E-state index in [0.29, 0.717) is 10.7 Å². The molecule has 3 N–H and O–H groups in total. The number of halogens is 1. The molecule has 0 spiro atoms. The van der Waals surface area contributed by atoms with Crippen molar-refractivity contribution < 1.29 is 4.79 Å². The first-order chi connectivity index (χ1) is 9.49. The standard InChI is InChI=1S/C14H17ClN4O/c1-9(2)13(16)14(20)18-10-4-5-12(11(15)8-10)19-7-3-6-17-19/h3-9,13H,16H2,1-2H3,(H,18,20)/t13-/m0/s1. The van der Waals surface area contributed by atoms with Gasteiger partial charge in [0.05, 0.1) is 16.8 Å². The number of nitrogens with two attached hydrogens (primary N) is 1. The van der Waals surface area contributed by atoms with Crippen LogP contribution in [0.5, 0.6) is 0 Å². The first-order valence-corrected chi connectivity index (χ1v) is 6.73. The molecule has 0 aliphatic rings. The molecule has 1 aromatic heterocycles. The van der Waals surface area contributed by atoms with Gasteiger partial charge in [-0.2, -0.15) is 5.10 Å². The van der Waals surface area contributed by atoms with Crippen LogP contribution in [0.15, 0.2) is 36.7 Å². The van der Waals surface area contributed by atoms with Crippen LogP contribution in [0.2, 0.25) is 5.02 Å². The Balaban J connectivity index is 2.16. The van der Waals surface area contributed by atoms with E-state index >= 15 is 0 Å². The highest BCUT2D eigenvalue weighted by molar-refractivity contribution is 6.32. The van der Waals surface area contributed by atoms with Crippen LogP contribution >= 0.6 is 11.6 Å². The molecule has 106 valence electrons. The zero-order valence-electron chi connectivity index (χ0n) is 11.4. The Morgan fingerprint density at radius 3 is 2.75 bits per heavy atom. The highest BCUT2D eigenvalue weighted by atomic mass is 35.5. The molecule has 5 nitrogen and oxygen atoms in total. The van der Waals surface area contributed by atoms with E-state index in [4.69, 9.17) is 17.3 Å². The van der Waals surface area contributed by atoms with E-state index in [1.165, 1.54) is 0 Å². The van der Waals surface area contributed by atoms with Gasteiger partial charge in [-0.25, -0.2) is 4.68 Å². The van der Waals surface area contributed by atoms with Crippen molar-refractivity contribution in [2.45, 2.75) is 19.9 Å². The van der Waals surface area contributed by atoms with Gasteiger partial charge < -0.3 is 11.1 Å². The zero-order valence-corrected chi connectivity index (χ0v) is 12.1. The maximum atomic E-state index is 11.9. The average molecular weight is 293 g/mol. The largest absolute Gasteiger partial charge is 0.325 e. The summed E-state index contributed by atoms with van der Waals surface area (Å²) in [7, 11) is 0. The molecule has 0 saturated carbocycles. The topological polar surface area (TPSA) is 72.9 Å². The second-order valence-corrected chi connectivity index (χ2v) is 5.28. The number of carbonyl (C=O) groups is 1. The van der Waals surface area contributed by atoms with Gasteiger partial charge in [-0.05, 0) is 30.2 Å². The molecular weight excluding hydrogens is 276 g/mol. The molecule has 20 heavy (non-hydrogen) atoms. The van der Waals surface area contributed by atoms with Crippen molar-refractivity contribution in [3.63, 3.8) is 0 Å². The molecule has 0 unspecified atom stereocenters. The van der Waals surface area contributed by atoms with Crippen molar-refractivity contribution in [3.05, 3.63) is 41.7 Å². The van der Waals surface area contributed by atoms with Crippen molar-refractivity contribution in [1.29, 1.82) is 0 Å². The normalized spacial score (nSPS) is 12.4. The molecule has 2 rings (SSSR count). The van der Waals surface area contributed by atoms with E-state index in [1.54, 1.807) is 35.3 Å². The minimum atomic E-state index is -0.542. The lowest BCUT2D eigenvalue weighted by atomic mass is 10.0. The van der Waals surface area contributed by atoms with Gasteiger partial charge in [0.1, 0.15) is 0 Å². The number of amides is 1. The number of anilines is 1. The number of hydrogen-bond acceptors (Lipinski definition) is 3. The summed E-state index contributed by atoms with van der Waals surface area (Å²) < 4.78 is 1.66. The van der Waals surface area contributed by atoms with Gasteiger partial charge in [0.2, 0.25) is 5.91 Å². The van der Waals surface area contributed by atoms with Gasteiger partial charge in [-0.1, -0.05) is 25.4 Å². The van der Waals surface area contributed by atoms with E-state index in [9.17, 15) is 4.79 Å². The Bertz CT molecular complexity index is 595. The van der Waals surface area contributed by atoms with Gasteiger partial charge in [0.15, 0.2) is 0 Å². The number of aromatic nitrogens is 2. The number of benzene rings is 1. The summed E-state index contributed by atoms with van der Waals surface area (Å²) in [6.45, 7) is 3.80. The maximum Gasteiger partial charge on any atom is 0.241 e. The van der Waals surface area contributed by atoms with Crippen LogP contribution in [0.3, 0.4) is 0 Å². The third-order valence-corrected chi connectivity index (χ3v) is 3.29. The van der Waals surface area contributed by atoms with E-state index in [-0.39, 0.29) is 11.8 Å². The van der Waals surface area contributed by atoms with Crippen LogP contribution in [0, 0.1) is 5.92 Å². The van der Waals surface area contributed by atoms with Crippen molar-refractivity contribution in [2.24, 2.45) is 11.7 Å². The van der Waals surface area contributed by atoms with E-state index in [0.717, 1.165) is 5.69 Å². The van der Waals surface area contributed by atoms with Crippen LogP contribution in [-0.2, 0) is 4.79 Å². The van der Waals surface area contributed by atoms with Crippen molar-refractivity contribution in [2.75, 3.05) is 5.32 Å². The SMILES string of the molecule is CC(C)[C@H](N)C(=O)Nc1ccc(-n2cccn2)c(Cl)c1. The van der Waals surface area contributed by atoms with Crippen LogP contribution in [0.1, 0.15) is 13.8 Å². The molecule has 0 fully saturated rings. The summed E-state index contributed by atoms with van der Waals surface area (Å²) in [5.74, 6) is -0.142. The Morgan fingerprint density at radius 1 is 1.45 bits per heavy atom. The van der Waals surface area contributed by atoms with Gasteiger partial charge in [0, 0.05) is 18.1 Å². The van der Waals surface area contributed by atoms with E-state index < -0.39 is 6.04 Å². The van der Waals surface area contributed by atoms with Gasteiger partial charge in [-0.3, -0.25) is 4.79 Å². The minimum Gasteiger partial charge on any atom is -0.325 e. The second kappa shape index (κ2) is 6.07. The van der Waals surface area contributed by atoms with Crippen LogP contribution in [0.4, 0.5) is 5.69 Å². The fraction of sp³-hybridized carbons (Fsp3) is 0.286. The van der Waals surface area contributed by atoms with Crippen molar-refractivity contribution in [1.82, 2.24) is 9.78 Å². The average Bonchev–Trinajstić information content (AvgIpc) is 2.91. The van der Waals surface area contributed by atoms with Gasteiger partial charge in [-0.15, -0.1) is 0 Å². The molecule has 0 radical (unpaired) electrons. The molecule has 1 aromatic carbocycles. The molecule has 0 bridgehead atoms. The first kappa shape index (κ1) is 14.6. The van der Waals surface area contributed by atoms with E-state index in [1.807, 2.05) is 19.9 Å². The van der Waals surface area contributed by atoms with Crippen LogP contribution in [-0.4, -0.2) is 21.7 Å². The van der Waals surface area contributed by atoms with Gasteiger partial charge >= 0.3 is 0 Å². The van der Waals surface area contributed by atoms with Gasteiger partial charge in [0.25, 0.3) is 0 Å². The maximum absolute atomic E-state index is 11.9. The summed E-state index contributed by atoms with van der Waals surface area (Å²) in [5, 5.41) is 7.38. The molecule has 2 aromatic rings. The van der Waals surface area contributed by atoms with Crippen molar-refractivity contribution >= 4 is 23.2 Å². The summed E-state index contributed by atoms with van der Waals surface area (Å²) in [4.78, 5) is 11.9. The smallest absolute Gasteiger partial charge is 0.241 e. The predicted octanol–water partition coefficient (Wildman–Crippen LogP) is 2.45. The Kier molecular flexibility index (Phi) is 4.42. The minimum absolute atomic E-state index is 0.0776. The lowest BCUT2D eigenvalue weighted by Crippen LogP contribution is -2.39. The molecule has 0 aliphatic carbocycles. The third-order valence-electron chi connectivity index (χ3n) is 2.99. The first-order valence-electron chi connectivity index (χ1n) is 6.35. The predicted molar refractivity (Wildman–Crippen MR) is 80.0 cm³/mol. The molecule has 0 saturated heterocycles. The number of rotatable bonds is 4. The lowest BCUT2D eigenvalue weighted by Gasteiger charge is -2.16. The molecular formula is C14H17ClN4O. The molecule has 1 heterocycles. The molecule has 1 atom stereocenters. The monoisotopic (exact) mass is 292 g/mol. The summed E-state index contributed by atoms with van der Waals surface area (Å²) >= 11 is 6.20. The Labute approximate surface area is 122 Å². The highest BCUT2D eigenvalue weighted by Gasteiger charge is 2.17. The van der Waals surface area contributed by atoms with Crippen LogP contribution < -0.4 is 11.1 Å². The third kappa shape index (κ3) is 3.18. The van der Waals surface area contributed by atoms with E-state index in [2.05, 4.69) is 10.4 Å². The Hall–Kier alpha value is -1.85. The number of nitrogens with one attached hydrogen (secondary N) is 1. The number of nitrogens with zero attached hydrogens (tertiary/aromatic N) is 2. The van der Waals surface area contributed by atoms with Crippen molar-refractivity contribution in [3.8, 4) is 5.69 Å². The second-order valence-electron chi connectivity index (χ2n) is 4.88. The summed E-state index contributed by atoms with van der Waals surface area (Å²) in [5.41, 5.74) is 7.16. The molecule has 1 amide bonds. The zero-order chi connectivity index (χ0) is 14.7. The molecule has 6 heteroatoms. The number of carbonyl (C=O) groups excluding carboxylic acids is 1.